The summed E-state index contributed by atoms with van der Waals surface area (Å²) in [6.45, 7) is 5.49. The fourth-order valence-electron chi connectivity index (χ4n) is 1.76. The Kier molecular flexibility index (Phi) is 6.95. The van der Waals surface area contributed by atoms with Crippen LogP contribution in [0.15, 0.2) is 6.07 Å². The molecule has 0 aromatic carbocycles. The summed E-state index contributed by atoms with van der Waals surface area (Å²) in [4.78, 5) is 24.7. The SMILES string of the molecule is CCCCN(CCCC)C(=O)c1cc([N+](=O)[O-])c(Cl)s1. The van der Waals surface area contributed by atoms with E-state index in [4.69, 9.17) is 11.6 Å². The Balaban J connectivity index is 2.87. The van der Waals surface area contributed by atoms with Crippen molar-refractivity contribution in [1.29, 1.82) is 0 Å². The van der Waals surface area contributed by atoms with Gasteiger partial charge in [-0.15, -0.1) is 11.3 Å². The molecule has 1 heterocycles. The minimum Gasteiger partial charge on any atom is -0.338 e. The van der Waals surface area contributed by atoms with E-state index in [0.717, 1.165) is 37.0 Å². The Bertz CT molecular complexity index is 468. The highest BCUT2D eigenvalue weighted by atomic mass is 35.5. The summed E-state index contributed by atoms with van der Waals surface area (Å²) in [5, 5.41) is 10.8. The van der Waals surface area contributed by atoms with E-state index in [1.165, 1.54) is 6.07 Å². The summed E-state index contributed by atoms with van der Waals surface area (Å²) in [6, 6.07) is 1.28. The first-order valence-corrected chi connectivity index (χ1v) is 7.93. The van der Waals surface area contributed by atoms with Gasteiger partial charge in [-0.1, -0.05) is 38.3 Å². The monoisotopic (exact) mass is 318 g/mol. The first-order chi connectivity index (χ1) is 9.51. The molecule has 0 spiro atoms. The van der Waals surface area contributed by atoms with Crippen molar-refractivity contribution >= 4 is 34.5 Å². The van der Waals surface area contributed by atoms with Crippen LogP contribution in [0.2, 0.25) is 4.34 Å². The molecule has 0 atom stereocenters. The number of hydrogen-bond donors (Lipinski definition) is 0. The van der Waals surface area contributed by atoms with Gasteiger partial charge in [0.15, 0.2) is 4.34 Å². The molecule has 0 fully saturated rings. The first kappa shape index (κ1) is 16.9. The van der Waals surface area contributed by atoms with Crippen LogP contribution in [-0.2, 0) is 0 Å². The van der Waals surface area contributed by atoms with Crippen LogP contribution in [0.3, 0.4) is 0 Å². The quantitative estimate of drug-likeness (QED) is 0.528. The van der Waals surface area contributed by atoms with Gasteiger partial charge in [-0.25, -0.2) is 0 Å². The van der Waals surface area contributed by atoms with Gasteiger partial charge < -0.3 is 4.90 Å². The van der Waals surface area contributed by atoms with Gasteiger partial charge in [-0.05, 0) is 12.8 Å². The van der Waals surface area contributed by atoms with Gasteiger partial charge in [-0.3, -0.25) is 14.9 Å². The predicted molar refractivity (Wildman–Crippen MR) is 81.7 cm³/mol. The minimum absolute atomic E-state index is 0.0595. The molecule has 0 aliphatic heterocycles. The fourth-order valence-corrected chi connectivity index (χ4v) is 2.95. The number of hydrogen-bond acceptors (Lipinski definition) is 4. The lowest BCUT2D eigenvalue weighted by Crippen LogP contribution is -2.32. The molecule has 0 unspecified atom stereocenters. The smallest absolute Gasteiger partial charge is 0.299 e. The van der Waals surface area contributed by atoms with Gasteiger partial charge in [0.25, 0.3) is 11.6 Å². The van der Waals surface area contributed by atoms with Crippen molar-refractivity contribution in [3.63, 3.8) is 0 Å². The number of unbranched alkanes of at least 4 members (excludes halogenated alkanes) is 2. The zero-order chi connectivity index (χ0) is 15.1. The molecule has 5 nitrogen and oxygen atoms in total. The fraction of sp³-hybridized carbons (Fsp3) is 0.615. The molecule has 20 heavy (non-hydrogen) atoms. The second-order valence-corrected chi connectivity index (χ2v) is 6.18. The van der Waals surface area contributed by atoms with Crippen LogP contribution in [-0.4, -0.2) is 28.8 Å². The van der Waals surface area contributed by atoms with E-state index in [2.05, 4.69) is 13.8 Å². The van der Waals surface area contributed by atoms with Gasteiger partial charge in [0.2, 0.25) is 0 Å². The Morgan fingerprint density at radius 2 is 1.90 bits per heavy atom. The molecule has 1 aromatic heterocycles. The van der Waals surface area contributed by atoms with Crippen LogP contribution < -0.4 is 0 Å². The van der Waals surface area contributed by atoms with Crippen LogP contribution in [0.1, 0.15) is 49.2 Å². The number of halogens is 1. The first-order valence-electron chi connectivity index (χ1n) is 6.74. The standard InChI is InChI=1S/C13H19ClN2O3S/c1-3-5-7-15(8-6-4-2)13(17)11-9-10(16(18)19)12(14)20-11/h9H,3-8H2,1-2H3. The number of carbonyl (C=O) groups excluding carboxylic acids is 1. The van der Waals surface area contributed by atoms with Crippen LogP contribution in [0.25, 0.3) is 0 Å². The summed E-state index contributed by atoms with van der Waals surface area (Å²) in [5.41, 5.74) is -0.189. The lowest BCUT2D eigenvalue weighted by atomic mass is 10.2. The molecule has 0 aliphatic carbocycles. The van der Waals surface area contributed by atoms with Gasteiger partial charge in [0, 0.05) is 19.2 Å². The Labute approximate surface area is 127 Å². The van der Waals surface area contributed by atoms with Crippen LogP contribution in [0, 0.1) is 10.1 Å². The zero-order valence-corrected chi connectivity index (χ0v) is 13.3. The van der Waals surface area contributed by atoms with Crippen molar-refractivity contribution in [3.8, 4) is 0 Å². The molecule has 7 heteroatoms. The zero-order valence-electron chi connectivity index (χ0n) is 11.7. The van der Waals surface area contributed by atoms with Crippen molar-refractivity contribution in [2.75, 3.05) is 13.1 Å². The van der Waals surface area contributed by atoms with Gasteiger partial charge in [0.1, 0.15) is 4.88 Å². The maximum absolute atomic E-state index is 12.4. The van der Waals surface area contributed by atoms with E-state index in [1.54, 1.807) is 4.90 Å². The molecule has 0 radical (unpaired) electrons. The summed E-state index contributed by atoms with van der Waals surface area (Å²) in [5.74, 6) is -0.160. The maximum Gasteiger partial charge on any atom is 0.299 e. The molecule has 0 saturated carbocycles. The van der Waals surface area contributed by atoms with E-state index >= 15 is 0 Å². The number of rotatable bonds is 8. The van der Waals surface area contributed by atoms with Crippen molar-refractivity contribution in [1.82, 2.24) is 4.90 Å². The summed E-state index contributed by atoms with van der Waals surface area (Å²) >= 11 is 6.78. The van der Waals surface area contributed by atoms with E-state index in [-0.39, 0.29) is 15.9 Å². The molecular formula is C13H19ClN2O3S. The number of carbonyl (C=O) groups is 1. The highest BCUT2D eigenvalue weighted by Gasteiger charge is 2.24. The van der Waals surface area contributed by atoms with Crippen molar-refractivity contribution in [3.05, 3.63) is 25.4 Å². The minimum atomic E-state index is -0.558. The molecule has 0 aliphatic rings. The molecule has 0 N–H and O–H groups in total. The van der Waals surface area contributed by atoms with Crippen molar-refractivity contribution in [2.24, 2.45) is 0 Å². The van der Waals surface area contributed by atoms with Gasteiger partial charge in [-0.2, -0.15) is 0 Å². The Hall–Kier alpha value is -1.14. The van der Waals surface area contributed by atoms with Crippen LogP contribution in [0.4, 0.5) is 5.69 Å². The van der Waals surface area contributed by atoms with Gasteiger partial charge >= 0.3 is 0 Å². The van der Waals surface area contributed by atoms with Crippen LogP contribution in [0.5, 0.6) is 0 Å². The van der Waals surface area contributed by atoms with E-state index < -0.39 is 4.92 Å². The largest absolute Gasteiger partial charge is 0.338 e. The molecule has 1 aromatic rings. The third-order valence-corrected chi connectivity index (χ3v) is 4.25. The molecule has 0 bridgehead atoms. The second kappa shape index (κ2) is 8.21. The lowest BCUT2D eigenvalue weighted by Gasteiger charge is -2.21. The molecule has 1 rings (SSSR count). The van der Waals surface area contributed by atoms with E-state index in [9.17, 15) is 14.9 Å². The van der Waals surface area contributed by atoms with Crippen molar-refractivity contribution < 1.29 is 9.72 Å². The number of amides is 1. The topological polar surface area (TPSA) is 63.5 Å². The number of nitro groups is 1. The number of thiophene rings is 1. The van der Waals surface area contributed by atoms with E-state index in [1.807, 2.05) is 0 Å². The predicted octanol–water partition coefficient (Wildman–Crippen LogP) is 4.35. The van der Waals surface area contributed by atoms with Gasteiger partial charge in [0.05, 0.1) is 4.92 Å². The van der Waals surface area contributed by atoms with Crippen LogP contribution >= 0.6 is 22.9 Å². The normalized spacial score (nSPS) is 10.6. The molecule has 0 saturated heterocycles. The Morgan fingerprint density at radius 1 is 1.35 bits per heavy atom. The molecule has 1 amide bonds. The highest BCUT2D eigenvalue weighted by Crippen LogP contribution is 2.34. The third-order valence-electron chi connectivity index (χ3n) is 2.93. The average Bonchev–Trinajstić information content (AvgIpc) is 2.80. The van der Waals surface area contributed by atoms with Crippen molar-refractivity contribution in [2.45, 2.75) is 39.5 Å². The Morgan fingerprint density at radius 3 is 2.30 bits per heavy atom. The number of nitrogens with zero attached hydrogens (tertiary/aromatic N) is 2. The molecular weight excluding hydrogens is 300 g/mol. The highest BCUT2D eigenvalue weighted by molar-refractivity contribution is 7.18. The summed E-state index contributed by atoms with van der Waals surface area (Å²) in [7, 11) is 0. The second-order valence-electron chi connectivity index (χ2n) is 4.53. The average molecular weight is 319 g/mol. The summed E-state index contributed by atoms with van der Waals surface area (Å²) in [6.07, 6.45) is 3.86. The van der Waals surface area contributed by atoms with E-state index in [0.29, 0.717) is 18.0 Å². The summed E-state index contributed by atoms with van der Waals surface area (Å²) < 4.78 is 0.0595. The third kappa shape index (κ3) is 4.45. The molecule has 112 valence electrons. The maximum atomic E-state index is 12.4. The lowest BCUT2D eigenvalue weighted by molar-refractivity contribution is -0.384.